The summed E-state index contributed by atoms with van der Waals surface area (Å²) in [7, 11) is 3.25. The fraction of sp³-hybridized carbons (Fsp3) is 0.636. The lowest BCUT2D eigenvalue weighted by Gasteiger charge is -1.91. The molecule has 1 unspecified atom stereocenters. The van der Waals surface area contributed by atoms with Crippen molar-refractivity contribution in [3.8, 4) is 0 Å². The average Bonchev–Trinajstić information content (AvgIpc) is 3.55. The minimum atomic E-state index is 0.431. The molecule has 0 N–H and O–H groups in total. The maximum atomic E-state index is 5.03. The van der Waals surface area contributed by atoms with Crippen LogP contribution in [0.1, 0.15) is 41.5 Å². The zero-order valence-corrected chi connectivity index (χ0v) is 18.5. The molecule has 0 amide bonds. The van der Waals surface area contributed by atoms with E-state index in [-0.39, 0.29) is 0 Å². The van der Waals surface area contributed by atoms with E-state index in [1.807, 2.05) is 77.9 Å². The van der Waals surface area contributed by atoms with Crippen LogP contribution in [0.3, 0.4) is 0 Å². The van der Waals surface area contributed by atoms with Gasteiger partial charge in [-0.15, -0.1) is 6.58 Å². The highest BCUT2D eigenvalue weighted by Crippen LogP contribution is 2.07. The molecular weight excluding hydrogens is 328 g/mol. The van der Waals surface area contributed by atoms with Crippen molar-refractivity contribution in [3.63, 3.8) is 0 Å². The predicted molar refractivity (Wildman–Crippen MR) is 115 cm³/mol. The van der Waals surface area contributed by atoms with Gasteiger partial charge in [0.2, 0.25) is 0 Å². The Morgan fingerprint density at radius 2 is 1.23 bits per heavy atom. The number of methoxy groups -OCH3 is 1. The first-order chi connectivity index (χ1) is 12.8. The third-order valence-electron chi connectivity index (χ3n) is 2.02. The molecule has 0 saturated carbocycles. The predicted octanol–water partition coefficient (Wildman–Crippen LogP) is 5.63. The number of rotatable bonds is 6. The Kier molecular flexibility index (Phi) is 48.8. The highest BCUT2D eigenvalue weighted by molar-refractivity contribution is 4.99. The molecule has 1 aliphatic rings. The standard InChI is InChI=1S/C6H6.C5H10O2.C5H10O.C2H6O.2C2H6/c1-2-4-6-5-3-1;1-2-6-3-5-4-7-5;1-3-5-6-4-2;1-3-2;2*1-2/h1-6H;5H,2-4H2,1H3;3H,1,4-5H2,2H3;1-2H3;2*1-2H3. The van der Waals surface area contributed by atoms with E-state index < -0.39 is 0 Å². The fourth-order valence-corrected chi connectivity index (χ4v) is 1.000. The lowest BCUT2D eigenvalue weighted by atomic mass is 10.4. The van der Waals surface area contributed by atoms with Crippen LogP contribution < -0.4 is 0 Å². The van der Waals surface area contributed by atoms with Gasteiger partial charge in [-0.05, 0) is 13.8 Å². The second-order valence-electron chi connectivity index (χ2n) is 4.13. The van der Waals surface area contributed by atoms with Crippen molar-refractivity contribution in [1.82, 2.24) is 0 Å². The maximum Gasteiger partial charge on any atom is 0.104 e. The Hall–Kier alpha value is -1.20. The fourth-order valence-electron chi connectivity index (χ4n) is 1.000. The van der Waals surface area contributed by atoms with Gasteiger partial charge in [-0.1, -0.05) is 70.2 Å². The van der Waals surface area contributed by atoms with E-state index in [1.165, 1.54) is 0 Å². The summed E-state index contributed by atoms with van der Waals surface area (Å²) in [4.78, 5) is 0. The maximum absolute atomic E-state index is 5.03. The van der Waals surface area contributed by atoms with Gasteiger partial charge in [-0.25, -0.2) is 0 Å². The van der Waals surface area contributed by atoms with Crippen LogP contribution >= 0.6 is 0 Å². The summed E-state index contributed by atoms with van der Waals surface area (Å²) in [6.45, 7) is 19.4. The summed E-state index contributed by atoms with van der Waals surface area (Å²) in [6.07, 6.45) is 2.17. The molecule has 0 radical (unpaired) electrons. The van der Waals surface area contributed by atoms with Crippen molar-refractivity contribution < 1.29 is 18.9 Å². The molecule has 2 rings (SSSR count). The Morgan fingerprint density at radius 1 is 0.885 bits per heavy atom. The van der Waals surface area contributed by atoms with Gasteiger partial charge in [-0.3, -0.25) is 0 Å². The topological polar surface area (TPSA) is 40.2 Å². The number of epoxide rings is 1. The molecule has 1 fully saturated rings. The zero-order chi connectivity index (χ0) is 20.9. The van der Waals surface area contributed by atoms with Crippen LogP contribution in [0.15, 0.2) is 49.1 Å². The minimum Gasteiger partial charge on any atom is -0.388 e. The summed E-state index contributed by atoms with van der Waals surface area (Å²) >= 11 is 0. The van der Waals surface area contributed by atoms with Crippen LogP contribution in [0, 0.1) is 0 Å². The monoisotopic (exact) mass is 372 g/mol. The van der Waals surface area contributed by atoms with Gasteiger partial charge in [0.25, 0.3) is 0 Å². The molecule has 0 spiro atoms. The Labute approximate surface area is 163 Å². The summed E-state index contributed by atoms with van der Waals surface area (Å²) in [5, 5.41) is 0. The molecule has 1 atom stereocenters. The SMILES string of the molecule is C=CCOCC.CC.CC.CCOCC1CO1.COC.c1ccccc1. The summed E-state index contributed by atoms with van der Waals surface area (Å²) in [5.74, 6) is 0. The molecule has 1 aromatic rings. The lowest BCUT2D eigenvalue weighted by Crippen LogP contribution is -1.99. The molecule has 1 heterocycles. The van der Waals surface area contributed by atoms with Gasteiger partial charge in [0, 0.05) is 27.4 Å². The van der Waals surface area contributed by atoms with Gasteiger partial charge in [0.05, 0.1) is 19.8 Å². The molecule has 1 saturated heterocycles. The van der Waals surface area contributed by atoms with Gasteiger partial charge < -0.3 is 18.9 Å². The van der Waals surface area contributed by atoms with E-state index in [4.69, 9.17) is 14.2 Å². The summed E-state index contributed by atoms with van der Waals surface area (Å²) in [6, 6.07) is 12.0. The molecule has 0 aromatic heterocycles. The van der Waals surface area contributed by atoms with Crippen molar-refractivity contribution >= 4 is 0 Å². The third-order valence-corrected chi connectivity index (χ3v) is 2.02. The third kappa shape index (κ3) is 49.5. The van der Waals surface area contributed by atoms with Crippen LogP contribution in [0.4, 0.5) is 0 Å². The van der Waals surface area contributed by atoms with E-state index in [2.05, 4.69) is 11.3 Å². The molecule has 0 bridgehead atoms. The van der Waals surface area contributed by atoms with E-state index in [9.17, 15) is 0 Å². The Bertz CT molecular complexity index is 261. The molecule has 26 heavy (non-hydrogen) atoms. The normalized spacial score (nSPS) is 12.4. The summed E-state index contributed by atoms with van der Waals surface area (Å²) in [5.41, 5.74) is 0. The number of ether oxygens (including phenoxy) is 4. The quantitative estimate of drug-likeness (QED) is 0.368. The molecular formula is C22H44O4. The van der Waals surface area contributed by atoms with Gasteiger partial charge in [0.1, 0.15) is 6.10 Å². The minimum absolute atomic E-state index is 0.431. The highest BCUT2D eigenvalue weighted by atomic mass is 16.6. The van der Waals surface area contributed by atoms with Crippen LogP contribution in [0.25, 0.3) is 0 Å². The van der Waals surface area contributed by atoms with Crippen molar-refractivity contribution in [3.05, 3.63) is 49.1 Å². The van der Waals surface area contributed by atoms with E-state index in [0.29, 0.717) is 12.7 Å². The highest BCUT2D eigenvalue weighted by Gasteiger charge is 2.21. The molecule has 156 valence electrons. The smallest absolute Gasteiger partial charge is 0.104 e. The van der Waals surface area contributed by atoms with Crippen LogP contribution in [-0.2, 0) is 18.9 Å². The lowest BCUT2D eigenvalue weighted by molar-refractivity contribution is 0.128. The Morgan fingerprint density at radius 3 is 1.42 bits per heavy atom. The molecule has 1 aliphatic heterocycles. The zero-order valence-electron chi connectivity index (χ0n) is 18.5. The molecule has 1 aromatic carbocycles. The number of hydrogen-bond acceptors (Lipinski definition) is 4. The first kappa shape index (κ1) is 32.5. The van der Waals surface area contributed by atoms with Gasteiger partial charge in [-0.2, -0.15) is 0 Å². The van der Waals surface area contributed by atoms with Crippen LogP contribution in [-0.4, -0.2) is 53.4 Å². The van der Waals surface area contributed by atoms with Crippen molar-refractivity contribution in [2.24, 2.45) is 0 Å². The number of hydrogen-bond donors (Lipinski definition) is 0. The first-order valence-electron chi connectivity index (χ1n) is 9.54. The van der Waals surface area contributed by atoms with Gasteiger partial charge in [0.15, 0.2) is 0 Å². The largest absolute Gasteiger partial charge is 0.388 e. The summed E-state index contributed by atoms with van der Waals surface area (Å²) < 4.78 is 19.0. The van der Waals surface area contributed by atoms with Crippen LogP contribution in [0.2, 0.25) is 0 Å². The Balaban J connectivity index is -0.000000120. The van der Waals surface area contributed by atoms with Gasteiger partial charge >= 0.3 is 0 Å². The van der Waals surface area contributed by atoms with Crippen molar-refractivity contribution in [2.45, 2.75) is 47.6 Å². The molecule has 4 nitrogen and oxygen atoms in total. The van der Waals surface area contributed by atoms with E-state index in [0.717, 1.165) is 26.4 Å². The molecule has 0 aliphatic carbocycles. The van der Waals surface area contributed by atoms with Crippen molar-refractivity contribution in [1.29, 1.82) is 0 Å². The number of benzene rings is 1. The molecule has 4 heteroatoms. The van der Waals surface area contributed by atoms with Crippen molar-refractivity contribution in [2.75, 3.05) is 47.3 Å². The second kappa shape index (κ2) is 39.0. The second-order valence-corrected chi connectivity index (χ2v) is 4.13. The first-order valence-corrected chi connectivity index (χ1v) is 9.54. The van der Waals surface area contributed by atoms with Crippen LogP contribution in [0.5, 0.6) is 0 Å². The van der Waals surface area contributed by atoms with E-state index >= 15 is 0 Å². The average molecular weight is 373 g/mol. The van der Waals surface area contributed by atoms with E-state index in [1.54, 1.807) is 20.3 Å².